The van der Waals surface area contributed by atoms with Gasteiger partial charge in [-0.15, -0.1) is 0 Å². The quantitative estimate of drug-likeness (QED) is 0.162. The highest BCUT2D eigenvalue weighted by Gasteiger charge is 2.21. The first-order valence-corrected chi connectivity index (χ1v) is 14.0. The van der Waals surface area contributed by atoms with Crippen molar-refractivity contribution in [3.05, 3.63) is 146 Å². The lowest BCUT2D eigenvalue weighted by atomic mass is 9.81. The summed E-state index contributed by atoms with van der Waals surface area (Å²) < 4.78 is 0. The fourth-order valence-corrected chi connectivity index (χ4v) is 7.17. The lowest BCUT2D eigenvalue weighted by Gasteiger charge is -2.21. The van der Waals surface area contributed by atoms with Crippen molar-refractivity contribution < 1.29 is 0 Å². The van der Waals surface area contributed by atoms with Crippen LogP contribution in [0, 0.1) is 0 Å². The Hall–Kier alpha value is -5.20. The topological polar surface area (TPSA) is 0 Å². The zero-order valence-electron chi connectivity index (χ0n) is 21.9. The van der Waals surface area contributed by atoms with Gasteiger partial charge in [-0.3, -0.25) is 0 Å². The molecule has 0 bridgehead atoms. The first-order chi connectivity index (χ1) is 19.9. The van der Waals surface area contributed by atoms with Crippen LogP contribution in [0.25, 0.3) is 86.9 Å². The van der Waals surface area contributed by atoms with E-state index in [9.17, 15) is 0 Å². The van der Waals surface area contributed by atoms with Crippen molar-refractivity contribution >= 4 is 64.6 Å². The van der Waals surface area contributed by atoms with Crippen molar-refractivity contribution in [1.29, 1.82) is 0 Å². The second-order valence-electron chi connectivity index (χ2n) is 10.8. The van der Waals surface area contributed by atoms with E-state index in [1.165, 1.54) is 86.9 Å². The molecule has 0 saturated carbocycles. The number of fused-ring (bicyclic) bond motifs is 5. The van der Waals surface area contributed by atoms with Crippen LogP contribution in [0.2, 0.25) is 0 Å². The normalized spacial score (nSPS) is 12.0. The fraction of sp³-hybridized carbons (Fsp3) is 0. The van der Waals surface area contributed by atoms with Gasteiger partial charge in [-0.25, -0.2) is 0 Å². The van der Waals surface area contributed by atoms with Crippen LogP contribution in [-0.2, 0) is 0 Å². The summed E-state index contributed by atoms with van der Waals surface area (Å²) in [7, 11) is 0. The van der Waals surface area contributed by atoms with Gasteiger partial charge in [0.2, 0.25) is 0 Å². The Morgan fingerprint density at radius 2 is 0.800 bits per heavy atom. The Balaban J connectivity index is 1.55. The number of hydrogen-bond acceptors (Lipinski definition) is 0. The maximum atomic E-state index is 2.38. The van der Waals surface area contributed by atoms with Crippen LogP contribution in [0.5, 0.6) is 0 Å². The molecule has 0 radical (unpaired) electrons. The number of rotatable bonds is 2. The van der Waals surface area contributed by atoms with E-state index in [0.717, 1.165) is 0 Å². The van der Waals surface area contributed by atoms with Crippen molar-refractivity contribution in [3.63, 3.8) is 0 Å². The molecule has 0 fully saturated rings. The van der Waals surface area contributed by atoms with E-state index in [1.54, 1.807) is 0 Å². The molecule has 184 valence electrons. The Kier molecular flexibility index (Phi) is 4.42. The van der Waals surface area contributed by atoms with Crippen LogP contribution in [0.15, 0.2) is 146 Å². The molecule has 0 N–H and O–H groups in total. The summed E-state index contributed by atoms with van der Waals surface area (Å²) in [4.78, 5) is 0. The monoisotopic (exact) mass is 504 g/mol. The molecule has 9 aromatic carbocycles. The van der Waals surface area contributed by atoms with E-state index in [4.69, 9.17) is 0 Å². The summed E-state index contributed by atoms with van der Waals surface area (Å²) in [6, 6.07) is 53.7. The number of hydrogen-bond donors (Lipinski definition) is 0. The van der Waals surface area contributed by atoms with Crippen LogP contribution in [0.1, 0.15) is 0 Å². The van der Waals surface area contributed by atoms with Gasteiger partial charge in [-0.05, 0) is 86.9 Å². The predicted octanol–water partition coefficient (Wildman–Crippen LogP) is 11.4. The Labute approximate surface area is 232 Å². The van der Waals surface area contributed by atoms with Gasteiger partial charge in [0, 0.05) is 0 Å². The second-order valence-corrected chi connectivity index (χ2v) is 10.8. The molecule has 0 nitrogen and oxygen atoms in total. The summed E-state index contributed by atoms with van der Waals surface area (Å²) in [5, 5.41) is 15.8. The zero-order valence-corrected chi connectivity index (χ0v) is 21.9. The average Bonchev–Trinajstić information content (AvgIpc) is 3.03. The zero-order chi connectivity index (χ0) is 26.2. The fourth-order valence-electron chi connectivity index (χ4n) is 7.17. The highest BCUT2D eigenvalue weighted by atomic mass is 14.2. The minimum absolute atomic E-state index is 1.26. The van der Waals surface area contributed by atoms with E-state index in [2.05, 4.69) is 146 Å². The minimum atomic E-state index is 1.26. The molecule has 9 aromatic rings. The van der Waals surface area contributed by atoms with E-state index >= 15 is 0 Å². The van der Waals surface area contributed by atoms with Gasteiger partial charge < -0.3 is 0 Å². The average molecular weight is 505 g/mol. The van der Waals surface area contributed by atoms with Gasteiger partial charge >= 0.3 is 0 Å². The van der Waals surface area contributed by atoms with Gasteiger partial charge in [0.05, 0.1) is 0 Å². The standard InChI is InChI=1S/C40H24/c1-2-12-26(13-3-1)37-31-17-7-6-16-29(31)33-20-10-22-35-34-21-9-19-32-30(23-24-36(38(32)34)40(37)39(33)35)28-18-8-14-25-11-4-5-15-27(25)28/h1-24H. The minimum Gasteiger partial charge on any atom is -0.0622 e. The van der Waals surface area contributed by atoms with E-state index in [1.807, 2.05) is 0 Å². The molecule has 0 atom stereocenters. The molecule has 0 aliphatic carbocycles. The maximum Gasteiger partial charge on any atom is -0.000763 e. The van der Waals surface area contributed by atoms with Crippen LogP contribution in [-0.4, -0.2) is 0 Å². The second kappa shape index (κ2) is 8.15. The highest BCUT2D eigenvalue weighted by molar-refractivity contribution is 6.40. The number of benzene rings is 9. The molecule has 0 aliphatic heterocycles. The largest absolute Gasteiger partial charge is 0.0622 e. The molecular weight excluding hydrogens is 480 g/mol. The molecule has 0 heteroatoms. The van der Waals surface area contributed by atoms with Crippen molar-refractivity contribution in [2.45, 2.75) is 0 Å². The summed E-state index contributed by atoms with van der Waals surface area (Å²) >= 11 is 0. The van der Waals surface area contributed by atoms with Crippen molar-refractivity contribution in [3.8, 4) is 22.3 Å². The molecule has 0 unspecified atom stereocenters. The molecule has 0 amide bonds. The first kappa shape index (κ1) is 21.7. The van der Waals surface area contributed by atoms with Crippen LogP contribution < -0.4 is 0 Å². The molecule has 40 heavy (non-hydrogen) atoms. The van der Waals surface area contributed by atoms with E-state index in [0.29, 0.717) is 0 Å². The molecule has 0 saturated heterocycles. The van der Waals surface area contributed by atoms with E-state index < -0.39 is 0 Å². The summed E-state index contributed by atoms with van der Waals surface area (Å²) in [5.74, 6) is 0. The van der Waals surface area contributed by atoms with Crippen LogP contribution >= 0.6 is 0 Å². The van der Waals surface area contributed by atoms with Gasteiger partial charge in [0.15, 0.2) is 0 Å². The summed E-state index contributed by atoms with van der Waals surface area (Å²) in [5.41, 5.74) is 5.16. The molecule has 0 spiro atoms. The van der Waals surface area contributed by atoms with Crippen molar-refractivity contribution in [2.24, 2.45) is 0 Å². The third-order valence-corrected chi connectivity index (χ3v) is 8.79. The molecule has 9 rings (SSSR count). The van der Waals surface area contributed by atoms with Gasteiger partial charge in [-0.2, -0.15) is 0 Å². The summed E-state index contributed by atoms with van der Waals surface area (Å²) in [6.45, 7) is 0. The maximum absolute atomic E-state index is 2.38. The van der Waals surface area contributed by atoms with Crippen LogP contribution in [0.3, 0.4) is 0 Å². The molecule has 0 aromatic heterocycles. The van der Waals surface area contributed by atoms with Gasteiger partial charge in [0.1, 0.15) is 0 Å². The Morgan fingerprint density at radius 1 is 0.250 bits per heavy atom. The van der Waals surface area contributed by atoms with Crippen molar-refractivity contribution in [2.75, 3.05) is 0 Å². The lowest BCUT2D eigenvalue weighted by Crippen LogP contribution is -1.93. The SMILES string of the molecule is c1ccc(-c2c3ccccc3c3cccc4c5cccc6c(-c7cccc8ccccc78)ccc(c2c34)c65)cc1. The third kappa shape index (κ3) is 2.85. The molecule has 0 heterocycles. The third-order valence-electron chi connectivity index (χ3n) is 8.79. The Bertz CT molecular complexity index is 2410. The Morgan fingerprint density at radius 3 is 1.62 bits per heavy atom. The predicted molar refractivity (Wildman–Crippen MR) is 174 cm³/mol. The smallest absolute Gasteiger partial charge is 0.000763 e. The molecular formula is C40H24. The van der Waals surface area contributed by atoms with Crippen molar-refractivity contribution in [1.82, 2.24) is 0 Å². The molecule has 0 aliphatic rings. The van der Waals surface area contributed by atoms with E-state index in [-0.39, 0.29) is 0 Å². The lowest BCUT2D eigenvalue weighted by molar-refractivity contribution is 1.68. The van der Waals surface area contributed by atoms with Gasteiger partial charge in [-0.1, -0.05) is 146 Å². The summed E-state index contributed by atoms with van der Waals surface area (Å²) in [6.07, 6.45) is 0. The van der Waals surface area contributed by atoms with Gasteiger partial charge in [0.25, 0.3) is 0 Å². The van der Waals surface area contributed by atoms with Crippen LogP contribution in [0.4, 0.5) is 0 Å². The highest BCUT2D eigenvalue weighted by Crippen LogP contribution is 2.49. The first-order valence-electron chi connectivity index (χ1n) is 14.0.